The van der Waals surface area contributed by atoms with Crippen LogP contribution in [0.5, 0.6) is 5.75 Å². The van der Waals surface area contributed by atoms with Gasteiger partial charge in [0.25, 0.3) is 5.56 Å². The number of methoxy groups -OCH3 is 1. The van der Waals surface area contributed by atoms with Crippen molar-refractivity contribution in [3.8, 4) is 5.75 Å². The molecule has 1 aliphatic rings. The van der Waals surface area contributed by atoms with Crippen molar-refractivity contribution >= 4 is 22.5 Å². The SMILES string of the molecule is COc1ccc(N(C(=O)CCn2c(=O)[nH]c(=O)c3ccccc32)C(C)C2CC2)cc1. The zero-order valence-electron chi connectivity index (χ0n) is 17.1. The van der Waals surface area contributed by atoms with Crippen LogP contribution < -0.4 is 20.9 Å². The van der Waals surface area contributed by atoms with E-state index in [0.29, 0.717) is 16.8 Å². The van der Waals surface area contributed by atoms with Gasteiger partial charge in [0.2, 0.25) is 5.91 Å². The molecular weight excluding hydrogens is 382 g/mol. The number of carbonyl (C=O) groups is 1. The lowest BCUT2D eigenvalue weighted by Crippen LogP contribution is -2.41. The average Bonchev–Trinajstić information content (AvgIpc) is 3.60. The van der Waals surface area contributed by atoms with E-state index in [2.05, 4.69) is 11.9 Å². The summed E-state index contributed by atoms with van der Waals surface area (Å²) in [6.07, 6.45) is 2.38. The molecule has 4 rings (SSSR count). The Morgan fingerprint density at radius 1 is 1.17 bits per heavy atom. The van der Waals surface area contributed by atoms with Crippen molar-refractivity contribution in [1.29, 1.82) is 0 Å². The quantitative estimate of drug-likeness (QED) is 0.653. The van der Waals surface area contributed by atoms with Gasteiger partial charge in [0.15, 0.2) is 0 Å². The first-order valence-electron chi connectivity index (χ1n) is 10.2. The number of aromatic nitrogens is 2. The molecule has 7 nitrogen and oxygen atoms in total. The summed E-state index contributed by atoms with van der Waals surface area (Å²) in [6.45, 7) is 2.26. The maximum Gasteiger partial charge on any atom is 0.328 e. The van der Waals surface area contributed by atoms with E-state index in [0.717, 1.165) is 24.3 Å². The fourth-order valence-corrected chi connectivity index (χ4v) is 3.93. The third kappa shape index (κ3) is 3.87. The van der Waals surface area contributed by atoms with E-state index in [1.165, 1.54) is 4.57 Å². The van der Waals surface area contributed by atoms with E-state index in [-0.39, 0.29) is 24.9 Å². The number of nitrogens with zero attached hydrogens (tertiary/aromatic N) is 2. The highest BCUT2D eigenvalue weighted by Crippen LogP contribution is 2.37. The number of nitrogens with one attached hydrogen (secondary N) is 1. The third-order valence-corrected chi connectivity index (χ3v) is 5.79. The van der Waals surface area contributed by atoms with Gasteiger partial charge in [-0.3, -0.25) is 19.1 Å². The number of benzene rings is 2. The molecule has 1 amide bonds. The monoisotopic (exact) mass is 407 g/mol. The molecule has 1 atom stereocenters. The highest BCUT2D eigenvalue weighted by Gasteiger charge is 2.35. The lowest BCUT2D eigenvalue weighted by molar-refractivity contribution is -0.119. The molecule has 1 fully saturated rings. The molecule has 0 radical (unpaired) electrons. The number of carbonyl (C=O) groups excluding carboxylic acids is 1. The molecule has 0 spiro atoms. The summed E-state index contributed by atoms with van der Waals surface area (Å²) in [6, 6.07) is 14.5. The predicted molar refractivity (Wildman–Crippen MR) is 116 cm³/mol. The smallest absolute Gasteiger partial charge is 0.328 e. The molecule has 0 saturated heterocycles. The van der Waals surface area contributed by atoms with Crippen LogP contribution in [0.4, 0.5) is 5.69 Å². The number of amides is 1. The largest absolute Gasteiger partial charge is 0.497 e. The van der Waals surface area contributed by atoms with Crippen molar-refractivity contribution in [3.05, 3.63) is 69.4 Å². The van der Waals surface area contributed by atoms with Crippen molar-refractivity contribution in [3.63, 3.8) is 0 Å². The minimum Gasteiger partial charge on any atom is -0.497 e. The zero-order chi connectivity index (χ0) is 21.3. The maximum absolute atomic E-state index is 13.3. The minimum absolute atomic E-state index is 0.0539. The Labute approximate surface area is 173 Å². The number of hydrogen-bond donors (Lipinski definition) is 1. The standard InChI is InChI=1S/C23H25N3O4/c1-15(16-7-8-16)26(17-9-11-18(30-2)12-10-17)21(27)13-14-25-20-6-4-3-5-19(20)22(28)24-23(25)29/h3-6,9-12,15-16H,7-8,13-14H2,1-2H3,(H,24,28,29). The third-order valence-electron chi connectivity index (χ3n) is 5.79. The molecule has 0 aliphatic heterocycles. The number of aryl methyl sites for hydroxylation is 1. The molecule has 1 heterocycles. The number of rotatable bonds is 7. The first kappa shape index (κ1) is 19.9. The number of hydrogen-bond acceptors (Lipinski definition) is 4. The number of aromatic amines is 1. The molecular formula is C23H25N3O4. The molecule has 30 heavy (non-hydrogen) atoms. The van der Waals surface area contributed by atoms with Gasteiger partial charge < -0.3 is 9.64 Å². The van der Waals surface area contributed by atoms with E-state index in [4.69, 9.17) is 4.74 Å². The van der Waals surface area contributed by atoms with Gasteiger partial charge in [-0.25, -0.2) is 4.79 Å². The van der Waals surface area contributed by atoms with Gasteiger partial charge in [-0.15, -0.1) is 0 Å². The molecule has 0 bridgehead atoms. The van der Waals surface area contributed by atoms with Gasteiger partial charge in [-0.2, -0.15) is 0 Å². The summed E-state index contributed by atoms with van der Waals surface area (Å²) in [7, 11) is 1.61. The molecule has 3 aromatic rings. The van der Waals surface area contributed by atoms with Crippen LogP contribution in [-0.4, -0.2) is 28.6 Å². The van der Waals surface area contributed by atoms with Crippen LogP contribution in [0.1, 0.15) is 26.2 Å². The lowest BCUT2D eigenvalue weighted by atomic mass is 10.1. The molecule has 1 N–H and O–H groups in total. The van der Waals surface area contributed by atoms with Crippen molar-refractivity contribution in [2.75, 3.05) is 12.0 Å². The van der Waals surface area contributed by atoms with Crippen molar-refractivity contribution in [1.82, 2.24) is 9.55 Å². The van der Waals surface area contributed by atoms with E-state index < -0.39 is 11.2 Å². The van der Waals surface area contributed by atoms with Crippen LogP contribution >= 0.6 is 0 Å². The summed E-state index contributed by atoms with van der Waals surface area (Å²) >= 11 is 0. The minimum atomic E-state index is -0.502. The summed E-state index contributed by atoms with van der Waals surface area (Å²) in [5, 5.41) is 0.433. The summed E-state index contributed by atoms with van der Waals surface area (Å²) in [4.78, 5) is 41.9. The van der Waals surface area contributed by atoms with Gasteiger partial charge in [0.1, 0.15) is 5.75 Å². The summed E-state index contributed by atoms with van der Waals surface area (Å²) in [5.74, 6) is 1.17. The van der Waals surface area contributed by atoms with Crippen LogP contribution in [0.3, 0.4) is 0 Å². The van der Waals surface area contributed by atoms with Gasteiger partial charge in [0, 0.05) is 24.7 Å². The van der Waals surface area contributed by atoms with E-state index in [1.807, 2.05) is 29.2 Å². The first-order valence-corrected chi connectivity index (χ1v) is 10.2. The van der Waals surface area contributed by atoms with Gasteiger partial charge >= 0.3 is 5.69 Å². The van der Waals surface area contributed by atoms with E-state index in [9.17, 15) is 14.4 Å². The number of ether oxygens (including phenoxy) is 1. The fraction of sp³-hybridized carbons (Fsp3) is 0.348. The van der Waals surface area contributed by atoms with Crippen molar-refractivity contribution < 1.29 is 9.53 Å². The normalized spacial score (nSPS) is 14.5. The Hall–Kier alpha value is -3.35. The van der Waals surface area contributed by atoms with Gasteiger partial charge in [-0.05, 0) is 62.1 Å². The fourth-order valence-electron chi connectivity index (χ4n) is 3.93. The Morgan fingerprint density at radius 2 is 1.87 bits per heavy atom. The first-order chi connectivity index (χ1) is 14.5. The predicted octanol–water partition coefficient (Wildman–Crippen LogP) is 2.92. The van der Waals surface area contributed by atoms with Gasteiger partial charge in [-0.1, -0.05) is 12.1 Å². The van der Waals surface area contributed by atoms with E-state index >= 15 is 0 Å². The number of fused-ring (bicyclic) bond motifs is 1. The molecule has 1 unspecified atom stereocenters. The maximum atomic E-state index is 13.3. The molecule has 1 aliphatic carbocycles. The summed E-state index contributed by atoms with van der Waals surface area (Å²) < 4.78 is 6.69. The van der Waals surface area contributed by atoms with Crippen LogP contribution in [0.15, 0.2) is 58.1 Å². The Morgan fingerprint density at radius 3 is 2.53 bits per heavy atom. The Balaban J connectivity index is 1.61. The zero-order valence-corrected chi connectivity index (χ0v) is 17.1. The van der Waals surface area contributed by atoms with Crippen LogP contribution in [0.2, 0.25) is 0 Å². The molecule has 2 aromatic carbocycles. The van der Waals surface area contributed by atoms with Crippen molar-refractivity contribution in [2.24, 2.45) is 5.92 Å². The van der Waals surface area contributed by atoms with Crippen LogP contribution in [-0.2, 0) is 11.3 Å². The number of anilines is 1. The highest BCUT2D eigenvalue weighted by molar-refractivity contribution is 5.94. The topological polar surface area (TPSA) is 84.4 Å². The van der Waals surface area contributed by atoms with Crippen molar-refractivity contribution in [2.45, 2.75) is 38.8 Å². The second-order valence-corrected chi connectivity index (χ2v) is 7.72. The lowest BCUT2D eigenvalue weighted by Gasteiger charge is -2.30. The van der Waals surface area contributed by atoms with Crippen LogP contribution in [0, 0.1) is 5.92 Å². The molecule has 1 aromatic heterocycles. The second-order valence-electron chi connectivity index (χ2n) is 7.72. The summed E-state index contributed by atoms with van der Waals surface area (Å²) in [5.41, 5.74) is 0.433. The van der Waals surface area contributed by atoms with Gasteiger partial charge in [0.05, 0.1) is 18.0 Å². The molecule has 7 heteroatoms. The van der Waals surface area contributed by atoms with Crippen LogP contribution in [0.25, 0.3) is 10.9 Å². The van der Waals surface area contributed by atoms with E-state index in [1.54, 1.807) is 31.4 Å². The molecule has 1 saturated carbocycles. The average molecular weight is 407 g/mol. The Kier molecular flexibility index (Phi) is 5.44. The number of para-hydroxylation sites is 1. The molecule has 156 valence electrons. The number of H-pyrrole nitrogens is 1. The second kappa shape index (κ2) is 8.18. The Bertz CT molecular complexity index is 1180. The highest BCUT2D eigenvalue weighted by atomic mass is 16.5.